The lowest BCUT2D eigenvalue weighted by atomic mass is 9.99. The largest absolute Gasteiger partial charge is 0.480 e. The van der Waals surface area contributed by atoms with Crippen molar-refractivity contribution in [2.45, 2.75) is 134 Å². The first-order chi connectivity index (χ1) is 28.9. The van der Waals surface area contributed by atoms with Crippen molar-refractivity contribution >= 4 is 76.9 Å². The number of amides is 9. The smallest absolute Gasteiger partial charge is 0.326 e. The number of primary amides is 3. The zero-order chi connectivity index (χ0) is 47.7. The average Bonchev–Trinajstić information content (AvgIpc) is 3.15. The predicted molar refractivity (Wildman–Crippen MR) is 230 cm³/mol. The fourth-order valence-corrected chi connectivity index (χ4v) is 6.19. The van der Waals surface area contributed by atoms with E-state index in [0.717, 1.165) is 0 Å². The monoisotopic (exact) mass is 901 g/mol. The van der Waals surface area contributed by atoms with Gasteiger partial charge in [0.2, 0.25) is 53.2 Å². The van der Waals surface area contributed by atoms with Crippen LogP contribution < -0.4 is 66.3 Å². The molecule has 0 aliphatic carbocycles. The lowest BCUT2D eigenvalue weighted by Crippen LogP contribution is -2.60. The number of guanidine groups is 1. The Morgan fingerprint density at radius 2 is 0.919 bits per heavy atom. The standard InChI is InChI=1S/C37H67N13O11S/c1-18(2)15-24(48-30(54)20(38)12-14-62-5)34(58)49-25(16-19(3)4)33(57)46-22(8-10-27(39)51)32(56)50-26(17-29(41)53)35(59)45-21(7-6-13-44-37(42)43)31(55)47-23(36(60)61)9-11-28(40)52/h18-26H,6-17,38H2,1-5H3,(H2,39,51)(H2,40,52)(H2,41,53)(H,45,59)(H,46,57)(H,47,55)(H,48,54)(H,49,58)(H,50,56)(H,60,61)(H4,42,43,44). The van der Waals surface area contributed by atoms with Crippen molar-refractivity contribution in [3.63, 3.8) is 0 Å². The van der Waals surface area contributed by atoms with Crippen LogP contribution in [0, 0.1) is 11.8 Å². The van der Waals surface area contributed by atoms with Crippen LogP contribution in [0.2, 0.25) is 0 Å². The molecule has 0 bridgehead atoms. The van der Waals surface area contributed by atoms with Crippen LogP contribution in [-0.4, -0.2) is 131 Å². The molecule has 0 aromatic rings. The Labute approximate surface area is 365 Å². The molecule has 24 nitrogen and oxygen atoms in total. The maximum atomic E-state index is 13.9. The highest BCUT2D eigenvalue weighted by molar-refractivity contribution is 7.98. The maximum Gasteiger partial charge on any atom is 0.326 e. The number of nitrogens with zero attached hydrogens (tertiary/aromatic N) is 1. The summed E-state index contributed by atoms with van der Waals surface area (Å²) in [4.78, 5) is 132. The molecular formula is C37H67N13O11S. The molecule has 7 unspecified atom stereocenters. The van der Waals surface area contributed by atoms with Crippen molar-refractivity contribution in [3.8, 4) is 0 Å². The summed E-state index contributed by atoms with van der Waals surface area (Å²) < 4.78 is 0. The second kappa shape index (κ2) is 29.5. The van der Waals surface area contributed by atoms with Crippen LogP contribution in [0.5, 0.6) is 0 Å². The molecule has 62 heavy (non-hydrogen) atoms. The Kier molecular flexibility index (Phi) is 26.8. The molecular weight excluding hydrogens is 835 g/mol. The summed E-state index contributed by atoms with van der Waals surface area (Å²) in [6.07, 6.45) is -0.105. The van der Waals surface area contributed by atoms with Gasteiger partial charge in [0, 0.05) is 19.4 Å². The van der Waals surface area contributed by atoms with Gasteiger partial charge in [0.15, 0.2) is 5.96 Å². The molecule has 0 fully saturated rings. The molecule has 7 atom stereocenters. The third kappa shape index (κ3) is 24.5. The number of carbonyl (C=O) groups excluding carboxylic acids is 9. The molecule has 352 valence electrons. The third-order valence-electron chi connectivity index (χ3n) is 8.87. The highest BCUT2D eigenvalue weighted by atomic mass is 32.2. The molecule has 0 radical (unpaired) electrons. The van der Waals surface area contributed by atoms with E-state index in [9.17, 15) is 53.1 Å². The average molecular weight is 902 g/mol. The zero-order valence-electron chi connectivity index (χ0n) is 36.0. The van der Waals surface area contributed by atoms with E-state index >= 15 is 0 Å². The summed E-state index contributed by atoms with van der Waals surface area (Å²) in [5, 5.41) is 24.3. The van der Waals surface area contributed by atoms with Crippen LogP contribution in [0.1, 0.15) is 91.9 Å². The van der Waals surface area contributed by atoms with Gasteiger partial charge in [0.25, 0.3) is 0 Å². The number of carboxylic acids is 1. The number of carbonyl (C=O) groups is 10. The number of thioether (sulfide) groups is 1. The number of rotatable bonds is 32. The molecule has 0 aromatic carbocycles. The minimum Gasteiger partial charge on any atom is -0.480 e. The number of hydrogen-bond acceptors (Lipinski definition) is 13. The van der Waals surface area contributed by atoms with Crippen molar-refractivity contribution in [2.24, 2.45) is 51.2 Å². The number of nitrogens with two attached hydrogens (primary N) is 6. The van der Waals surface area contributed by atoms with E-state index < -0.39 is 127 Å². The van der Waals surface area contributed by atoms with Gasteiger partial charge in [0.05, 0.1) is 12.5 Å². The summed E-state index contributed by atoms with van der Waals surface area (Å²) in [6.45, 7) is 7.19. The van der Waals surface area contributed by atoms with Gasteiger partial charge in [-0.2, -0.15) is 11.8 Å². The van der Waals surface area contributed by atoms with E-state index in [1.807, 2.05) is 20.1 Å². The van der Waals surface area contributed by atoms with Crippen LogP contribution in [-0.2, 0) is 47.9 Å². The van der Waals surface area contributed by atoms with Crippen LogP contribution >= 0.6 is 11.8 Å². The SMILES string of the molecule is CSCCC(N)C(=O)NC(CC(C)C)C(=O)NC(CC(C)C)C(=O)NC(CCC(N)=O)C(=O)NC(CC(N)=O)C(=O)NC(CCCN=C(N)N)C(=O)NC(CCC(N)=O)C(=O)O. The molecule has 0 saturated heterocycles. The van der Waals surface area contributed by atoms with Crippen molar-refractivity contribution in [1.82, 2.24) is 31.9 Å². The Morgan fingerprint density at radius 3 is 1.34 bits per heavy atom. The van der Waals surface area contributed by atoms with Gasteiger partial charge in [-0.05, 0) is 68.8 Å². The molecule has 0 saturated carbocycles. The summed E-state index contributed by atoms with van der Waals surface area (Å²) >= 11 is 1.50. The van der Waals surface area contributed by atoms with Gasteiger partial charge >= 0.3 is 5.97 Å². The van der Waals surface area contributed by atoms with Crippen LogP contribution in [0.4, 0.5) is 0 Å². The Morgan fingerprint density at radius 1 is 0.532 bits per heavy atom. The summed E-state index contributed by atoms with van der Waals surface area (Å²) in [7, 11) is 0. The molecule has 0 aliphatic heterocycles. The summed E-state index contributed by atoms with van der Waals surface area (Å²) in [5.74, 6) is -9.57. The quantitative estimate of drug-likeness (QED) is 0.0172. The van der Waals surface area contributed by atoms with Crippen LogP contribution in [0.3, 0.4) is 0 Å². The lowest BCUT2D eigenvalue weighted by molar-refractivity contribution is -0.143. The fraction of sp³-hybridized carbons (Fsp3) is 0.703. The van der Waals surface area contributed by atoms with Gasteiger partial charge in [0.1, 0.15) is 36.3 Å². The lowest BCUT2D eigenvalue weighted by Gasteiger charge is -2.28. The summed E-state index contributed by atoms with van der Waals surface area (Å²) in [5.41, 5.74) is 32.6. The minimum atomic E-state index is -1.79. The highest BCUT2D eigenvalue weighted by Gasteiger charge is 2.35. The molecule has 0 aromatic heterocycles. The van der Waals surface area contributed by atoms with Crippen molar-refractivity contribution < 1.29 is 53.1 Å². The zero-order valence-corrected chi connectivity index (χ0v) is 36.8. The summed E-state index contributed by atoms with van der Waals surface area (Å²) in [6, 6.07) is -9.72. The van der Waals surface area contributed by atoms with Gasteiger partial charge in [-0.25, -0.2) is 4.79 Å². The number of aliphatic carboxylic acids is 1. The molecule has 9 amide bonds. The Hall–Kier alpha value is -5.72. The van der Waals surface area contributed by atoms with Gasteiger partial charge < -0.3 is 71.4 Å². The second-order valence-electron chi connectivity index (χ2n) is 15.5. The van der Waals surface area contributed by atoms with Crippen molar-refractivity contribution in [1.29, 1.82) is 0 Å². The van der Waals surface area contributed by atoms with E-state index in [1.54, 1.807) is 13.8 Å². The van der Waals surface area contributed by atoms with E-state index in [-0.39, 0.29) is 56.4 Å². The van der Waals surface area contributed by atoms with E-state index in [0.29, 0.717) is 12.2 Å². The highest BCUT2D eigenvalue weighted by Crippen LogP contribution is 2.12. The fourth-order valence-electron chi connectivity index (χ4n) is 5.70. The third-order valence-corrected chi connectivity index (χ3v) is 9.52. The first-order valence-corrected chi connectivity index (χ1v) is 21.5. The number of aliphatic imine (C=N–C) groups is 1. The first kappa shape index (κ1) is 56.3. The number of carboxylic acid groups (broad SMARTS) is 1. The molecule has 0 spiro atoms. The maximum absolute atomic E-state index is 13.9. The Bertz CT molecular complexity index is 1590. The van der Waals surface area contributed by atoms with Gasteiger partial charge in [-0.3, -0.25) is 48.1 Å². The van der Waals surface area contributed by atoms with E-state index in [4.69, 9.17) is 34.4 Å². The van der Waals surface area contributed by atoms with Gasteiger partial charge in [-0.1, -0.05) is 27.7 Å². The van der Waals surface area contributed by atoms with E-state index in [2.05, 4.69) is 36.9 Å². The first-order valence-electron chi connectivity index (χ1n) is 20.1. The van der Waals surface area contributed by atoms with Crippen LogP contribution in [0.25, 0.3) is 0 Å². The molecule has 25 heteroatoms. The van der Waals surface area contributed by atoms with Crippen LogP contribution in [0.15, 0.2) is 4.99 Å². The van der Waals surface area contributed by atoms with Crippen molar-refractivity contribution in [3.05, 3.63) is 0 Å². The molecule has 19 N–H and O–H groups in total. The molecule has 0 aliphatic rings. The minimum absolute atomic E-state index is 0.0213. The van der Waals surface area contributed by atoms with Gasteiger partial charge in [-0.15, -0.1) is 0 Å². The normalized spacial score (nSPS) is 14.4. The Balaban J connectivity index is 6.55. The molecule has 0 heterocycles. The molecule has 0 rings (SSSR count). The number of nitrogens with one attached hydrogen (secondary N) is 6. The number of hydrogen-bond donors (Lipinski definition) is 13. The van der Waals surface area contributed by atoms with Crippen molar-refractivity contribution in [2.75, 3.05) is 18.6 Å². The second-order valence-corrected chi connectivity index (χ2v) is 16.5. The van der Waals surface area contributed by atoms with E-state index in [1.165, 1.54) is 11.8 Å². The predicted octanol–water partition coefficient (Wildman–Crippen LogP) is -4.39. The topological polar surface area (TPSA) is 432 Å².